The molecule has 0 aliphatic heterocycles. The molecule has 0 radical (unpaired) electrons. The second-order valence-electron chi connectivity index (χ2n) is 4.12. The van der Waals surface area contributed by atoms with E-state index in [2.05, 4.69) is 15.8 Å². The highest BCUT2D eigenvalue weighted by molar-refractivity contribution is 7.80. The topological polar surface area (TPSA) is 45.6 Å². The minimum atomic E-state index is 0.291. The maximum atomic E-state index is 5.24. The van der Waals surface area contributed by atoms with Crippen molar-refractivity contribution >= 4 is 29.6 Å². The van der Waals surface area contributed by atoms with Crippen molar-refractivity contribution in [2.45, 2.75) is 19.9 Å². The number of allylic oxidation sites excluding steroid dienone is 1. The Morgan fingerprint density at radius 1 is 1.37 bits per heavy atom. The summed E-state index contributed by atoms with van der Waals surface area (Å²) < 4.78 is 5.24. The van der Waals surface area contributed by atoms with Crippen LogP contribution >= 0.6 is 12.2 Å². The number of nitrogens with one attached hydrogen (secondary N) is 2. The molecule has 2 N–H and O–H groups in total. The highest BCUT2D eigenvalue weighted by Gasteiger charge is 1.96. The van der Waals surface area contributed by atoms with Crippen molar-refractivity contribution < 1.29 is 4.74 Å². The molecule has 0 aliphatic carbocycles. The van der Waals surface area contributed by atoms with E-state index in [1.807, 2.05) is 50.3 Å². The van der Waals surface area contributed by atoms with Crippen LogP contribution in [0.1, 0.15) is 19.4 Å². The Morgan fingerprint density at radius 3 is 2.79 bits per heavy atom. The van der Waals surface area contributed by atoms with Gasteiger partial charge in [0.15, 0.2) is 5.11 Å². The van der Waals surface area contributed by atoms with Gasteiger partial charge in [0, 0.05) is 17.8 Å². The molecule has 1 aromatic rings. The lowest BCUT2D eigenvalue weighted by Crippen LogP contribution is -2.36. The van der Waals surface area contributed by atoms with Gasteiger partial charge in [0.25, 0.3) is 0 Å². The first-order valence-corrected chi connectivity index (χ1v) is 6.43. The fourth-order valence-corrected chi connectivity index (χ4v) is 1.67. The third kappa shape index (κ3) is 6.01. The molecule has 19 heavy (non-hydrogen) atoms. The molecule has 0 saturated heterocycles. The minimum Gasteiger partial charge on any atom is -0.496 e. The predicted molar refractivity (Wildman–Crippen MR) is 84.5 cm³/mol. The minimum absolute atomic E-state index is 0.291. The van der Waals surface area contributed by atoms with Crippen LogP contribution in [0.4, 0.5) is 0 Å². The highest BCUT2D eigenvalue weighted by atomic mass is 32.1. The summed E-state index contributed by atoms with van der Waals surface area (Å²) in [7, 11) is 1.65. The van der Waals surface area contributed by atoms with Crippen LogP contribution < -0.4 is 15.5 Å². The van der Waals surface area contributed by atoms with Crippen LogP contribution in [0.2, 0.25) is 0 Å². The van der Waals surface area contributed by atoms with Crippen LogP contribution in [0.5, 0.6) is 5.75 Å². The number of hydrazone groups is 1. The molecule has 0 aliphatic rings. The molecular weight excluding hydrogens is 258 g/mol. The lowest BCUT2D eigenvalue weighted by Gasteiger charge is -2.08. The smallest absolute Gasteiger partial charge is 0.187 e. The number of methoxy groups -OCH3 is 1. The zero-order valence-electron chi connectivity index (χ0n) is 11.4. The van der Waals surface area contributed by atoms with E-state index in [4.69, 9.17) is 17.0 Å². The van der Waals surface area contributed by atoms with E-state index in [1.54, 1.807) is 13.3 Å². The second-order valence-corrected chi connectivity index (χ2v) is 4.53. The van der Waals surface area contributed by atoms with Gasteiger partial charge in [-0.3, -0.25) is 5.43 Å². The first kappa shape index (κ1) is 15.2. The zero-order valence-corrected chi connectivity index (χ0v) is 12.2. The molecule has 1 aromatic carbocycles. The average molecular weight is 277 g/mol. The van der Waals surface area contributed by atoms with E-state index in [0.29, 0.717) is 11.2 Å². The lowest BCUT2D eigenvalue weighted by atomic mass is 10.2. The Hall–Kier alpha value is -1.88. The Kier molecular flexibility index (Phi) is 6.60. The highest BCUT2D eigenvalue weighted by Crippen LogP contribution is 2.18. The Morgan fingerprint density at radius 2 is 2.11 bits per heavy atom. The summed E-state index contributed by atoms with van der Waals surface area (Å²) in [5, 5.41) is 7.53. The van der Waals surface area contributed by atoms with Crippen LogP contribution in [-0.4, -0.2) is 24.5 Å². The van der Waals surface area contributed by atoms with Crippen molar-refractivity contribution in [3.8, 4) is 5.75 Å². The Balaban J connectivity index is 2.47. The van der Waals surface area contributed by atoms with Crippen molar-refractivity contribution in [3.05, 3.63) is 35.9 Å². The molecule has 0 atom stereocenters. The van der Waals surface area contributed by atoms with Gasteiger partial charge in [-0.2, -0.15) is 5.10 Å². The van der Waals surface area contributed by atoms with Crippen LogP contribution in [0.3, 0.4) is 0 Å². The fraction of sp³-hybridized carbons (Fsp3) is 0.286. The zero-order chi connectivity index (χ0) is 14.1. The summed E-state index contributed by atoms with van der Waals surface area (Å²) in [5.74, 6) is 0.831. The summed E-state index contributed by atoms with van der Waals surface area (Å²) in [6, 6.07) is 8.07. The third-order valence-corrected chi connectivity index (χ3v) is 2.37. The van der Waals surface area contributed by atoms with Crippen molar-refractivity contribution in [1.29, 1.82) is 0 Å². The van der Waals surface area contributed by atoms with Gasteiger partial charge in [0.1, 0.15) is 5.75 Å². The number of nitrogens with zero attached hydrogens (tertiary/aromatic N) is 1. The summed E-state index contributed by atoms with van der Waals surface area (Å²) in [6.45, 7) is 4.03. The van der Waals surface area contributed by atoms with Gasteiger partial charge >= 0.3 is 0 Å². The molecular formula is C14H19N3OS. The molecule has 0 spiro atoms. The van der Waals surface area contributed by atoms with Crippen molar-refractivity contribution in [2.24, 2.45) is 5.10 Å². The molecule has 0 aromatic heterocycles. The lowest BCUT2D eigenvalue weighted by molar-refractivity contribution is 0.414. The monoisotopic (exact) mass is 277 g/mol. The van der Waals surface area contributed by atoms with Gasteiger partial charge < -0.3 is 10.1 Å². The molecule has 0 saturated carbocycles. The van der Waals surface area contributed by atoms with E-state index in [9.17, 15) is 0 Å². The number of hydrogen-bond acceptors (Lipinski definition) is 3. The molecule has 1 rings (SSSR count). The maximum Gasteiger partial charge on any atom is 0.187 e. The number of rotatable bonds is 5. The Bertz CT molecular complexity index is 470. The van der Waals surface area contributed by atoms with Crippen LogP contribution in [0, 0.1) is 0 Å². The van der Waals surface area contributed by atoms with Gasteiger partial charge in [-0.1, -0.05) is 18.2 Å². The number of hydrogen-bond donors (Lipinski definition) is 2. The standard InChI is InChI=1S/C14H19N3OS/c1-11(2)16-14(19)17-15-10-6-8-12-7-4-5-9-13(12)18-3/h4-11H,1-3H3,(H2,16,17,19)/b8-6+,15-10+. The van der Waals surface area contributed by atoms with Crippen LogP contribution in [0.25, 0.3) is 6.08 Å². The molecule has 4 nitrogen and oxygen atoms in total. The van der Waals surface area contributed by atoms with E-state index in [-0.39, 0.29) is 0 Å². The quantitative estimate of drug-likeness (QED) is 0.493. The largest absolute Gasteiger partial charge is 0.496 e. The molecule has 5 heteroatoms. The van der Waals surface area contributed by atoms with Crippen molar-refractivity contribution in [2.75, 3.05) is 7.11 Å². The summed E-state index contributed by atoms with van der Waals surface area (Å²) >= 11 is 5.03. The molecule has 0 amide bonds. The van der Waals surface area contributed by atoms with Gasteiger partial charge in [0.2, 0.25) is 0 Å². The van der Waals surface area contributed by atoms with Gasteiger partial charge in [-0.25, -0.2) is 0 Å². The molecule has 102 valence electrons. The van der Waals surface area contributed by atoms with E-state index in [0.717, 1.165) is 11.3 Å². The van der Waals surface area contributed by atoms with Crippen molar-refractivity contribution in [3.63, 3.8) is 0 Å². The van der Waals surface area contributed by atoms with Crippen molar-refractivity contribution in [1.82, 2.24) is 10.7 Å². The number of ether oxygens (including phenoxy) is 1. The summed E-state index contributed by atoms with van der Waals surface area (Å²) in [5.41, 5.74) is 3.74. The molecule has 0 fully saturated rings. The fourth-order valence-electron chi connectivity index (χ4n) is 1.38. The number of para-hydroxylation sites is 1. The Labute approximate surface area is 119 Å². The maximum absolute atomic E-state index is 5.24. The second kappa shape index (κ2) is 8.26. The van der Waals surface area contributed by atoms with Gasteiger partial charge in [-0.15, -0.1) is 0 Å². The summed E-state index contributed by atoms with van der Waals surface area (Å²) in [4.78, 5) is 0. The van der Waals surface area contributed by atoms with Crippen LogP contribution in [-0.2, 0) is 0 Å². The molecule has 0 bridgehead atoms. The van der Waals surface area contributed by atoms with Crippen LogP contribution in [0.15, 0.2) is 35.4 Å². The van der Waals surface area contributed by atoms with E-state index in [1.165, 1.54) is 0 Å². The molecule has 0 heterocycles. The average Bonchev–Trinajstić information content (AvgIpc) is 2.38. The van der Waals surface area contributed by atoms with E-state index >= 15 is 0 Å². The number of thiocarbonyl (C=S) groups is 1. The predicted octanol–water partition coefficient (Wildman–Crippen LogP) is 2.57. The first-order valence-electron chi connectivity index (χ1n) is 6.02. The first-order chi connectivity index (χ1) is 9.13. The third-order valence-electron chi connectivity index (χ3n) is 2.16. The SMILES string of the molecule is COc1ccccc1/C=C/C=N/NC(=S)NC(C)C. The molecule has 0 unspecified atom stereocenters. The van der Waals surface area contributed by atoms with Gasteiger partial charge in [-0.05, 0) is 44.3 Å². The summed E-state index contributed by atoms with van der Waals surface area (Å²) in [6.07, 6.45) is 5.38. The van der Waals surface area contributed by atoms with Gasteiger partial charge in [0.05, 0.1) is 7.11 Å². The number of benzene rings is 1. The normalized spacial score (nSPS) is 11.2. The van der Waals surface area contributed by atoms with E-state index < -0.39 is 0 Å².